The van der Waals surface area contributed by atoms with Gasteiger partial charge in [0, 0.05) is 50.6 Å². The fourth-order valence-corrected chi connectivity index (χ4v) is 11.8. The number of carbonyl (C=O) groups excluding carboxylic acids is 7. The van der Waals surface area contributed by atoms with Gasteiger partial charge in [-0.05, 0) is 131 Å². The highest BCUT2D eigenvalue weighted by Crippen LogP contribution is 2.29. The van der Waals surface area contributed by atoms with Gasteiger partial charge < -0.3 is 80.1 Å². The van der Waals surface area contributed by atoms with E-state index in [1.54, 1.807) is 77.7 Å². The first-order valence-corrected chi connectivity index (χ1v) is 30.8. The molecule has 6 aliphatic rings. The molecular weight excluding hydrogens is 1290 g/mol. The Morgan fingerprint density at radius 1 is 0.402 bits per heavy atom. The molecule has 3 aromatic carbocycles. The standard InChI is InChI=1S/C21H28N4O5.C20H24N2O8.C20H24N2O6.C2HF3O2.2CH4/c1-14(26)17-4-2-10-24(17)19(27)12-22-15-6-8-16(9-7-15)23-13-20(28)25-11-3-5-18(25)21(29)30;23-17(21-9-3-5-13(21)19(25)26)11-29-15-7-1-2-8-16(15)30-12-18(24)22-10-4-6-14(22)20(27)28;23-17(21-9-1-3-15(21)19(25)26)11-13-5-7-14(8-6-13)12-18(24)22-10-2-4-16(22)20(27)28;3-2(4,5)1(6)7;;/h6-9,17-18,22-23H,2-5,10-13H2,1H3,(H,29,30);1-2,7-8,13-14H,3-6,9-12H2,(H,25,26)(H,27,28);5-8,15-16H,1-4,9-12H2,(H,25,26)(H,27,28);(H,6,7);2*1H4/t17-,18-;13-,14-;15-,16-;;;/m111.../s1. The quantitative estimate of drug-likeness (QED) is 0.0682. The molecule has 32 heteroatoms. The third-order valence-corrected chi connectivity index (χ3v) is 16.6. The summed E-state index contributed by atoms with van der Waals surface area (Å²) in [5.41, 5.74) is 2.98. The fraction of sp³-hybridized carbons (Fsp3) is 0.523. The van der Waals surface area contributed by atoms with Crippen molar-refractivity contribution in [2.75, 3.05) is 76.2 Å². The van der Waals surface area contributed by atoms with E-state index in [2.05, 4.69) is 10.6 Å². The number of aliphatic carboxylic acids is 6. The molecule has 6 saturated heterocycles. The summed E-state index contributed by atoms with van der Waals surface area (Å²) < 4.78 is 42.8. The van der Waals surface area contributed by atoms with Crippen LogP contribution in [0.3, 0.4) is 0 Å². The molecule has 0 spiro atoms. The molecule has 3 aromatic rings. The predicted octanol–water partition coefficient (Wildman–Crippen LogP) is 4.59. The van der Waals surface area contributed by atoms with E-state index in [-0.39, 0.29) is 101 Å². The lowest BCUT2D eigenvalue weighted by Crippen LogP contribution is -2.43. The van der Waals surface area contributed by atoms with Crippen molar-refractivity contribution in [1.82, 2.24) is 29.4 Å². The van der Waals surface area contributed by atoms with Crippen LogP contribution in [0.15, 0.2) is 72.8 Å². The van der Waals surface area contributed by atoms with E-state index in [0.29, 0.717) is 103 Å². The van der Waals surface area contributed by atoms with E-state index in [1.807, 2.05) is 0 Å². The van der Waals surface area contributed by atoms with Crippen LogP contribution >= 0.6 is 0 Å². The van der Waals surface area contributed by atoms with Crippen molar-refractivity contribution in [1.29, 1.82) is 0 Å². The third-order valence-electron chi connectivity index (χ3n) is 16.6. The van der Waals surface area contributed by atoms with E-state index in [0.717, 1.165) is 35.3 Å². The molecule has 6 heterocycles. The number of nitrogens with zero attached hydrogens (tertiary/aromatic N) is 6. The highest BCUT2D eigenvalue weighted by molar-refractivity contribution is 5.91. The summed E-state index contributed by atoms with van der Waals surface area (Å²) in [6.45, 7) is 3.68. The van der Waals surface area contributed by atoms with Gasteiger partial charge in [-0.3, -0.25) is 33.6 Å². The van der Waals surface area contributed by atoms with Crippen molar-refractivity contribution < 1.29 is 116 Å². The summed E-state index contributed by atoms with van der Waals surface area (Å²) in [4.78, 5) is 159. The van der Waals surface area contributed by atoms with Gasteiger partial charge in [0.1, 0.15) is 30.2 Å². The maximum Gasteiger partial charge on any atom is 0.490 e. The molecule has 0 bridgehead atoms. The maximum absolute atomic E-state index is 12.4. The highest BCUT2D eigenvalue weighted by Gasteiger charge is 2.40. The number of Topliss-reactive ketones (excluding diaryl/α,β-unsaturated/α-hetero) is 1. The minimum absolute atomic E-state index is 0. The van der Waals surface area contributed by atoms with Crippen LogP contribution in [0.1, 0.15) is 110 Å². The number of benzene rings is 3. The number of nitrogens with one attached hydrogen (secondary N) is 2. The second-order valence-electron chi connectivity index (χ2n) is 23.1. The third kappa shape index (κ3) is 22.8. The van der Waals surface area contributed by atoms with Crippen LogP contribution in [0.4, 0.5) is 24.5 Å². The van der Waals surface area contributed by atoms with Crippen molar-refractivity contribution in [2.24, 2.45) is 0 Å². The van der Waals surface area contributed by atoms with E-state index >= 15 is 0 Å². The number of carboxylic acids is 6. The summed E-state index contributed by atoms with van der Waals surface area (Å²) in [6, 6.07) is 16.5. The highest BCUT2D eigenvalue weighted by atomic mass is 19.4. The Morgan fingerprint density at radius 2 is 0.649 bits per heavy atom. The van der Waals surface area contributed by atoms with Gasteiger partial charge in [-0.15, -0.1) is 0 Å². The number of alkyl halides is 3. The Balaban J connectivity index is 0.000000291. The normalized spacial score (nSPS) is 20.0. The van der Waals surface area contributed by atoms with E-state index < -0.39 is 84.0 Å². The summed E-state index contributed by atoms with van der Waals surface area (Å²) in [5.74, 6) is -8.88. The zero-order valence-corrected chi connectivity index (χ0v) is 52.0. The van der Waals surface area contributed by atoms with Crippen molar-refractivity contribution in [3.05, 3.63) is 83.9 Å². The van der Waals surface area contributed by atoms with Crippen molar-refractivity contribution in [3.63, 3.8) is 0 Å². The first kappa shape index (κ1) is 79.4. The topological polar surface area (TPSA) is 405 Å². The summed E-state index contributed by atoms with van der Waals surface area (Å²) in [6.07, 6.45) is 2.34. The van der Waals surface area contributed by atoms with Crippen LogP contribution in [0.5, 0.6) is 11.5 Å². The SMILES string of the molecule is C.C.CC(=O)[C@H]1CCCN1C(=O)CNc1ccc(NCC(=O)N2CCC[C@@H]2C(=O)O)cc1.O=C(O)C(F)(F)F.O=C(O)[C@H]1CCCN1C(=O)COc1ccccc1OCC(=O)N1CCC[C@@H]1C(=O)O.O=C(O)[C@H]1CCCN1C(=O)Cc1ccc(CC(=O)N2CCC[C@@H]2C(=O)O)cc1. The largest absolute Gasteiger partial charge is 0.490 e. The number of amides is 6. The molecule has 6 amide bonds. The molecule has 0 aromatic heterocycles. The van der Waals surface area contributed by atoms with Crippen molar-refractivity contribution in [2.45, 2.75) is 154 Å². The van der Waals surface area contributed by atoms with Crippen LogP contribution in [0.2, 0.25) is 0 Å². The molecule has 29 nitrogen and oxygen atoms in total. The molecule has 9 rings (SSSR count). The van der Waals surface area contributed by atoms with E-state index in [9.17, 15) is 96.2 Å². The lowest BCUT2D eigenvalue weighted by Gasteiger charge is -2.23. The second kappa shape index (κ2) is 37.3. The number of ketones is 1. The maximum atomic E-state index is 12.4. The number of rotatable bonds is 22. The first-order chi connectivity index (χ1) is 45.0. The van der Waals surface area contributed by atoms with E-state index in [4.69, 9.17) is 19.4 Å². The molecule has 97 heavy (non-hydrogen) atoms. The second-order valence-corrected chi connectivity index (χ2v) is 23.1. The van der Waals surface area contributed by atoms with Gasteiger partial charge in [0.05, 0.1) is 32.0 Å². The average Bonchev–Trinajstić information content (AvgIpc) is 1.87. The van der Waals surface area contributed by atoms with Gasteiger partial charge in [-0.2, -0.15) is 13.2 Å². The van der Waals surface area contributed by atoms with Crippen LogP contribution in [0.25, 0.3) is 0 Å². The summed E-state index contributed by atoms with van der Waals surface area (Å²) >= 11 is 0. The molecule has 6 atom stereocenters. The molecule has 6 fully saturated rings. The predicted molar refractivity (Wildman–Crippen MR) is 339 cm³/mol. The van der Waals surface area contributed by atoms with Crippen molar-refractivity contribution in [3.8, 4) is 11.5 Å². The van der Waals surface area contributed by atoms with Gasteiger partial charge in [0.25, 0.3) is 11.8 Å². The Bertz CT molecular complexity index is 3080. The van der Waals surface area contributed by atoms with Gasteiger partial charge in [-0.25, -0.2) is 28.8 Å². The molecule has 532 valence electrons. The summed E-state index contributed by atoms with van der Waals surface area (Å²) in [5, 5.41) is 59.2. The lowest BCUT2D eigenvalue weighted by atomic mass is 10.1. The number of carboxylic acid groups (broad SMARTS) is 6. The fourth-order valence-electron chi connectivity index (χ4n) is 11.8. The monoisotopic (exact) mass is 1370 g/mol. The summed E-state index contributed by atoms with van der Waals surface area (Å²) in [7, 11) is 0. The first-order valence-electron chi connectivity index (χ1n) is 30.8. The van der Waals surface area contributed by atoms with Crippen LogP contribution < -0.4 is 20.1 Å². The average molecular weight is 1370 g/mol. The van der Waals surface area contributed by atoms with Crippen molar-refractivity contribution >= 4 is 88.4 Å². The number of likely N-dealkylation sites (tertiary alicyclic amines) is 6. The Morgan fingerprint density at radius 3 is 0.907 bits per heavy atom. The Hall–Kier alpha value is -10.0. The van der Waals surface area contributed by atoms with Gasteiger partial charge in [-0.1, -0.05) is 51.3 Å². The van der Waals surface area contributed by atoms with E-state index in [1.165, 1.54) is 31.4 Å². The molecule has 8 N–H and O–H groups in total. The molecule has 0 radical (unpaired) electrons. The number of ether oxygens (including phenoxy) is 2. The van der Waals surface area contributed by atoms with Gasteiger partial charge in [0.15, 0.2) is 30.5 Å². The zero-order chi connectivity index (χ0) is 69.7. The molecule has 0 saturated carbocycles. The number of anilines is 2. The van der Waals surface area contributed by atoms with Gasteiger partial charge in [0.2, 0.25) is 23.6 Å². The Labute approximate surface area is 557 Å². The van der Waals surface area contributed by atoms with Gasteiger partial charge >= 0.3 is 42.0 Å². The minimum Gasteiger partial charge on any atom is -0.480 e. The number of halogens is 3. The molecule has 6 aliphatic heterocycles. The van der Waals surface area contributed by atoms with Crippen LogP contribution in [-0.2, 0) is 75.2 Å². The number of carbonyl (C=O) groups is 13. The minimum atomic E-state index is -5.08. The molecule has 0 unspecified atom stereocenters. The number of para-hydroxylation sites is 2. The number of hydrogen-bond donors (Lipinski definition) is 8. The zero-order valence-electron chi connectivity index (χ0n) is 52.0. The van der Waals surface area contributed by atoms with Crippen LogP contribution in [-0.4, -0.2) is 245 Å². The Kier molecular flexibility index (Phi) is 30.5. The van der Waals surface area contributed by atoms with Crippen LogP contribution in [0, 0.1) is 0 Å². The lowest BCUT2D eigenvalue weighted by molar-refractivity contribution is -0.192. The molecule has 0 aliphatic carbocycles. The smallest absolute Gasteiger partial charge is 0.480 e. The number of hydrogen-bond acceptors (Lipinski definition) is 17. The molecular formula is C65H85F3N8O21.